The molecule has 1 unspecified atom stereocenters. The molecule has 0 saturated carbocycles. The van der Waals surface area contributed by atoms with Gasteiger partial charge in [0.15, 0.2) is 9.84 Å². The normalized spacial score (nSPS) is 13.7. The van der Waals surface area contributed by atoms with Crippen LogP contribution in [0.15, 0.2) is 0 Å². The molecule has 0 aliphatic heterocycles. The molecule has 0 aromatic heterocycles. The van der Waals surface area contributed by atoms with E-state index in [0.717, 1.165) is 0 Å². The molecule has 1 N–H and O–H groups in total. The summed E-state index contributed by atoms with van der Waals surface area (Å²) >= 11 is 0. The maximum absolute atomic E-state index is 12.1. The van der Waals surface area contributed by atoms with Crippen LogP contribution >= 0.6 is 0 Å². The number of esters is 1. The minimum atomic E-state index is -3.14. The lowest BCUT2D eigenvalue weighted by molar-refractivity contribution is -0.156. The summed E-state index contributed by atoms with van der Waals surface area (Å²) in [5.74, 6) is -2.14. The number of carbonyl (C=O) groups is 2. The van der Waals surface area contributed by atoms with E-state index < -0.39 is 33.0 Å². The number of carbonyl (C=O) groups excluding carboxylic acids is 2. The second-order valence-corrected chi connectivity index (χ2v) is 8.05. The first-order valence-corrected chi connectivity index (χ1v) is 8.52. The zero-order valence-electron chi connectivity index (χ0n) is 12.9. The summed E-state index contributed by atoms with van der Waals surface area (Å²) in [5.41, 5.74) is -0.597. The predicted octanol–water partition coefficient (Wildman–Crippen LogP) is 0.763. The molecule has 0 aromatic carbocycles. The van der Waals surface area contributed by atoms with E-state index in [1.807, 2.05) is 0 Å². The quantitative estimate of drug-likeness (QED) is 0.554. The van der Waals surface area contributed by atoms with Gasteiger partial charge in [-0.25, -0.2) is 8.42 Å². The summed E-state index contributed by atoms with van der Waals surface area (Å²) in [5, 5.41) is 2.50. The Morgan fingerprint density at radius 1 is 1.20 bits per heavy atom. The van der Waals surface area contributed by atoms with E-state index in [0.29, 0.717) is 0 Å². The molecule has 1 amide bonds. The third kappa shape index (κ3) is 6.36. The standard InChI is InChI=1S/C13H25NO5S/c1-6-19-12(16)10(13(3,4)5)11(15)14-8-9-20(17,18)7-2/h10H,6-9H2,1-5H3,(H,14,15). The molecule has 0 aliphatic carbocycles. The van der Waals surface area contributed by atoms with Crippen molar-refractivity contribution in [3.05, 3.63) is 0 Å². The van der Waals surface area contributed by atoms with Gasteiger partial charge in [-0.3, -0.25) is 9.59 Å². The molecule has 20 heavy (non-hydrogen) atoms. The number of amides is 1. The molecule has 0 fully saturated rings. The van der Waals surface area contributed by atoms with Gasteiger partial charge < -0.3 is 10.1 Å². The third-order valence-corrected chi connectivity index (χ3v) is 4.51. The van der Waals surface area contributed by atoms with Crippen LogP contribution in [0.4, 0.5) is 0 Å². The van der Waals surface area contributed by atoms with Crippen LogP contribution in [0.3, 0.4) is 0 Å². The molecule has 0 saturated heterocycles. The van der Waals surface area contributed by atoms with Gasteiger partial charge in [-0.15, -0.1) is 0 Å². The number of ether oxygens (including phenoxy) is 1. The number of nitrogens with one attached hydrogen (secondary N) is 1. The van der Waals surface area contributed by atoms with Crippen LogP contribution in [0, 0.1) is 11.3 Å². The molecule has 7 heteroatoms. The molecular weight excluding hydrogens is 282 g/mol. The lowest BCUT2D eigenvalue weighted by atomic mass is 9.80. The monoisotopic (exact) mass is 307 g/mol. The first-order chi connectivity index (χ1) is 9.05. The lowest BCUT2D eigenvalue weighted by Gasteiger charge is -2.27. The van der Waals surface area contributed by atoms with Gasteiger partial charge in [-0.2, -0.15) is 0 Å². The van der Waals surface area contributed by atoms with Crippen LogP contribution in [-0.2, 0) is 24.2 Å². The van der Waals surface area contributed by atoms with Crippen molar-refractivity contribution < 1.29 is 22.7 Å². The van der Waals surface area contributed by atoms with Crippen LogP contribution < -0.4 is 5.32 Å². The molecule has 0 aromatic rings. The van der Waals surface area contributed by atoms with E-state index in [2.05, 4.69) is 5.32 Å². The summed E-state index contributed by atoms with van der Waals surface area (Å²) in [6.45, 7) is 8.70. The Morgan fingerprint density at radius 2 is 1.75 bits per heavy atom. The van der Waals surface area contributed by atoms with E-state index in [9.17, 15) is 18.0 Å². The Kier molecular flexibility index (Phi) is 7.19. The van der Waals surface area contributed by atoms with Crippen molar-refractivity contribution in [3.63, 3.8) is 0 Å². The molecule has 0 aliphatic rings. The van der Waals surface area contributed by atoms with Crippen molar-refractivity contribution in [1.82, 2.24) is 5.32 Å². The van der Waals surface area contributed by atoms with Gasteiger partial charge in [0.1, 0.15) is 5.92 Å². The van der Waals surface area contributed by atoms with Gasteiger partial charge in [-0.1, -0.05) is 27.7 Å². The number of rotatable bonds is 7. The minimum Gasteiger partial charge on any atom is -0.465 e. The molecule has 118 valence electrons. The van der Waals surface area contributed by atoms with Crippen molar-refractivity contribution in [1.29, 1.82) is 0 Å². The Labute approximate surface area is 121 Å². The Balaban J connectivity index is 4.71. The van der Waals surface area contributed by atoms with E-state index in [1.54, 1.807) is 34.6 Å². The van der Waals surface area contributed by atoms with Gasteiger partial charge in [0.05, 0.1) is 12.4 Å². The summed E-state index contributed by atoms with van der Waals surface area (Å²) in [4.78, 5) is 23.9. The fourth-order valence-corrected chi connectivity index (χ4v) is 2.36. The van der Waals surface area contributed by atoms with Gasteiger partial charge in [-0.05, 0) is 12.3 Å². The highest BCUT2D eigenvalue weighted by Gasteiger charge is 2.38. The summed E-state index contributed by atoms with van der Waals surface area (Å²) in [6, 6.07) is 0. The third-order valence-electron chi connectivity index (χ3n) is 2.80. The average Bonchev–Trinajstić information content (AvgIpc) is 2.27. The fourth-order valence-electron chi connectivity index (χ4n) is 1.66. The van der Waals surface area contributed by atoms with E-state index >= 15 is 0 Å². The summed E-state index contributed by atoms with van der Waals surface area (Å²) in [7, 11) is -3.14. The maximum Gasteiger partial charge on any atom is 0.319 e. The largest absolute Gasteiger partial charge is 0.465 e. The van der Waals surface area contributed by atoms with Gasteiger partial charge in [0.25, 0.3) is 0 Å². The zero-order valence-corrected chi connectivity index (χ0v) is 13.7. The predicted molar refractivity (Wildman–Crippen MR) is 76.9 cm³/mol. The highest BCUT2D eigenvalue weighted by Crippen LogP contribution is 2.27. The highest BCUT2D eigenvalue weighted by molar-refractivity contribution is 7.91. The van der Waals surface area contributed by atoms with Crippen molar-refractivity contribution in [2.75, 3.05) is 24.7 Å². The first kappa shape index (κ1) is 18.9. The lowest BCUT2D eigenvalue weighted by Crippen LogP contribution is -2.44. The number of hydrogen-bond donors (Lipinski definition) is 1. The topological polar surface area (TPSA) is 89.5 Å². The first-order valence-electron chi connectivity index (χ1n) is 6.70. The SMILES string of the molecule is CCOC(=O)C(C(=O)NCCS(=O)(=O)CC)C(C)(C)C. The smallest absolute Gasteiger partial charge is 0.319 e. The molecule has 6 nitrogen and oxygen atoms in total. The second kappa shape index (κ2) is 7.61. The van der Waals surface area contributed by atoms with E-state index in [1.165, 1.54) is 0 Å². The average molecular weight is 307 g/mol. The molecule has 1 atom stereocenters. The van der Waals surface area contributed by atoms with Crippen LogP contribution in [0.5, 0.6) is 0 Å². The minimum absolute atomic E-state index is 0.000984. The maximum atomic E-state index is 12.1. The molecule has 0 heterocycles. The molecule has 0 rings (SSSR count). The fraction of sp³-hybridized carbons (Fsp3) is 0.846. The second-order valence-electron chi connectivity index (χ2n) is 5.58. The van der Waals surface area contributed by atoms with Crippen LogP contribution in [0.2, 0.25) is 0 Å². The van der Waals surface area contributed by atoms with E-state index in [4.69, 9.17) is 4.74 Å². The number of sulfone groups is 1. The number of hydrogen-bond acceptors (Lipinski definition) is 5. The van der Waals surface area contributed by atoms with Crippen molar-refractivity contribution in [3.8, 4) is 0 Å². The van der Waals surface area contributed by atoms with Crippen LogP contribution in [0.1, 0.15) is 34.6 Å². The van der Waals surface area contributed by atoms with Crippen molar-refractivity contribution in [2.24, 2.45) is 11.3 Å². The Morgan fingerprint density at radius 3 is 2.15 bits per heavy atom. The molecule has 0 radical (unpaired) electrons. The van der Waals surface area contributed by atoms with Gasteiger partial charge >= 0.3 is 5.97 Å². The van der Waals surface area contributed by atoms with E-state index in [-0.39, 0.29) is 24.7 Å². The highest BCUT2D eigenvalue weighted by atomic mass is 32.2. The van der Waals surface area contributed by atoms with Gasteiger partial charge in [0.2, 0.25) is 5.91 Å². The van der Waals surface area contributed by atoms with Crippen LogP contribution in [0.25, 0.3) is 0 Å². The summed E-state index contributed by atoms with van der Waals surface area (Å²) in [6.07, 6.45) is 0. The summed E-state index contributed by atoms with van der Waals surface area (Å²) < 4.78 is 27.6. The van der Waals surface area contributed by atoms with Crippen molar-refractivity contribution in [2.45, 2.75) is 34.6 Å². The van der Waals surface area contributed by atoms with Crippen LogP contribution in [-0.4, -0.2) is 45.0 Å². The molecule has 0 bridgehead atoms. The molecular formula is C13H25NO5S. The zero-order chi connectivity index (χ0) is 16.0. The Hall–Kier alpha value is -1.11. The Bertz CT molecular complexity index is 436. The van der Waals surface area contributed by atoms with Gasteiger partial charge in [0, 0.05) is 12.3 Å². The molecule has 0 spiro atoms. The van der Waals surface area contributed by atoms with Crippen molar-refractivity contribution >= 4 is 21.7 Å².